The van der Waals surface area contributed by atoms with Gasteiger partial charge in [-0.3, -0.25) is 4.79 Å². The lowest BCUT2D eigenvalue weighted by Gasteiger charge is -2.21. The summed E-state index contributed by atoms with van der Waals surface area (Å²) in [6.07, 6.45) is 0. The quantitative estimate of drug-likeness (QED) is 0.860. The number of nitrogens with two attached hydrogens (primary N) is 1. The molecule has 3 nitrogen and oxygen atoms in total. The zero-order valence-corrected chi connectivity index (χ0v) is 11.9. The van der Waals surface area contributed by atoms with Gasteiger partial charge in [0.25, 0.3) is 0 Å². The SMILES string of the molecule is Cc1cccc(C(C)NC(=O)C(C)C(C)N)c1C. The highest BCUT2D eigenvalue weighted by Crippen LogP contribution is 2.20. The molecule has 0 saturated carbocycles. The van der Waals surface area contributed by atoms with E-state index in [2.05, 4.69) is 31.3 Å². The molecule has 100 valence electrons. The van der Waals surface area contributed by atoms with Gasteiger partial charge < -0.3 is 11.1 Å². The normalized spacial score (nSPS) is 15.9. The molecule has 0 radical (unpaired) electrons. The van der Waals surface area contributed by atoms with Crippen molar-refractivity contribution in [2.24, 2.45) is 11.7 Å². The molecule has 18 heavy (non-hydrogen) atoms. The monoisotopic (exact) mass is 248 g/mol. The van der Waals surface area contributed by atoms with Crippen LogP contribution in [0.3, 0.4) is 0 Å². The summed E-state index contributed by atoms with van der Waals surface area (Å²) in [5, 5.41) is 3.03. The van der Waals surface area contributed by atoms with Crippen molar-refractivity contribution in [3.63, 3.8) is 0 Å². The van der Waals surface area contributed by atoms with Gasteiger partial charge in [-0.25, -0.2) is 0 Å². The Morgan fingerprint density at radius 1 is 1.22 bits per heavy atom. The maximum atomic E-state index is 12.0. The molecule has 0 saturated heterocycles. The van der Waals surface area contributed by atoms with E-state index in [1.165, 1.54) is 16.7 Å². The third-order valence-electron chi connectivity index (χ3n) is 3.67. The van der Waals surface area contributed by atoms with Crippen LogP contribution in [0.1, 0.15) is 43.5 Å². The largest absolute Gasteiger partial charge is 0.349 e. The Hall–Kier alpha value is -1.35. The standard InChI is InChI=1S/C15H24N2O/c1-9-7-6-8-14(10(9)2)13(5)17-15(18)11(3)12(4)16/h6-8,11-13H,16H2,1-5H3,(H,17,18). The highest BCUT2D eigenvalue weighted by Gasteiger charge is 2.20. The van der Waals surface area contributed by atoms with E-state index in [1.54, 1.807) is 0 Å². The fourth-order valence-electron chi connectivity index (χ4n) is 1.90. The number of aryl methyl sites for hydroxylation is 1. The summed E-state index contributed by atoms with van der Waals surface area (Å²) in [5.74, 6) is -0.157. The number of hydrogen-bond acceptors (Lipinski definition) is 2. The molecule has 3 unspecified atom stereocenters. The summed E-state index contributed by atoms with van der Waals surface area (Å²) < 4.78 is 0. The third kappa shape index (κ3) is 3.33. The minimum absolute atomic E-state index is 0.0124. The van der Waals surface area contributed by atoms with Crippen molar-refractivity contribution in [1.82, 2.24) is 5.32 Å². The van der Waals surface area contributed by atoms with Crippen molar-refractivity contribution in [2.45, 2.75) is 46.7 Å². The van der Waals surface area contributed by atoms with Gasteiger partial charge in [0.1, 0.15) is 0 Å². The van der Waals surface area contributed by atoms with Gasteiger partial charge in [-0.2, -0.15) is 0 Å². The highest BCUT2D eigenvalue weighted by atomic mass is 16.1. The minimum Gasteiger partial charge on any atom is -0.349 e. The number of carbonyl (C=O) groups excluding carboxylic acids is 1. The van der Waals surface area contributed by atoms with Crippen LogP contribution in [-0.4, -0.2) is 11.9 Å². The summed E-state index contributed by atoms with van der Waals surface area (Å²) in [6.45, 7) is 9.89. The van der Waals surface area contributed by atoms with Crippen LogP contribution in [0.5, 0.6) is 0 Å². The Labute approximate surface area is 110 Å². The van der Waals surface area contributed by atoms with E-state index in [1.807, 2.05) is 26.8 Å². The number of carbonyl (C=O) groups is 1. The Kier molecular flexibility index (Phi) is 4.91. The van der Waals surface area contributed by atoms with Crippen LogP contribution in [0.4, 0.5) is 0 Å². The number of hydrogen-bond donors (Lipinski definition) is 2. The van der Waals surface area contributed by atoms with Gasteiger partial charge in [0.15, 0.2) is 0 Å². The van der Waals surface area contributed by atoms with Crippen molar-refractivity contribution < 1.29 is 4.79 Å². The summed E-state index contributed by atoms with van der Waals surface area (Å²) >= 11 is 0. The first kappa shape index (κ1) is 14.7. The second-order valence-corrected chi connectivity index (χ2v) is 5.17. The zero-order valence-electron chi connectivity index (χ0n) is 11.9. The number of benzene rings is 1. The Morgan fingerprint density at radius 3 is 2.39 bits per heavy atom. The van der Waals surface area contributed by atoms with Crippen molar-refractivity contribution in [1.29, 1.82) is 0 Å². The molecular weight excluding hydrogens is 224 g/mol. The predicted octanol–water partition coefficient (Wildman–Crippen LogP) is 2.46. The molecule has 1 aromatic carbocycles. The molecule has 0 aromatic heterocycles. The maximum absolute atomic E-state index is 12.0. The van der Waals surface area contributed by atoms with E-state index in [9.17, 15) is 4.79 Å². The Morgan fingerprint density at radius 2 is 1.83 bits per heavy atom. The fourth-order valence-corrected chi connectivity index (χ4v) is 1.90. The molecule has 0 fully saturated rings. The lowest BCUT2D eigenvalue weighted by molar-refractivity contribution is -0.125. The molecule has 3 heteroatoms. The lowest BCUT2D eigenvalue weighted by Crippen LogP contribution is -2.39. The van der Waals surface area contributed by atoms with Gasteiger partial charge in [-0.05, 0) is 44.4 Å². The topological polar surface area (TPSA) is 55.1 Å². The van der Waals surface area contributed by atoms with E-state index in [-0.39, 0.29) is 23.9 Å². The van der Waals surface area contributed by atoms with Crippen LogP contribution in [0.15, 0.2) is 18.2 Å². The number of nitrogens with one attached hydrogen (secondary N) is 1. The average molecular weight is 248 g/mol. The molecule has 0 bridgehead atoms. The molecule has 0 spiro atoms. The molecule has 0 aliphatic carbocycles. The summed E-state index contributed by atoms with van der Waals surface area (Å²) in [7, 11) is 0. The van der Waals surface area contributed by atoms with Gasteiger partial charge in [0, 0.05) is 12.0 Å². The van der Waals surface area contributed by atoms with Crippen LogP contribution >= 0.6 is 0 Å². The van der Waals surface area contributed by atoms with Crippen LogP contribution in [-0.2, 0) is 4.79 Å². The van der Waals surface area contributed by atoms with Crippen molar-refractivity contribution in [3.8, 4) is 0 Å². The molecule has 1 aromatic rings. The van der Waals surface area contributed by atoms with Gasteiger partial charge in [-0.1, -0.05) is 25.1 Å². The fraction of sp³-hybridized carbons (Fsp3) is 0.533. The van der Waals surface area contributed by atoms with Gasteiger partial charge in [0.05, 0.1) is 6.04 Å². The van der Waals surface area contributed by atoms with Crippen LogP contribution in [0, 0.1) is 19.8 Å². The average Bonchev–Trinajstić information content (AvgIpc) is 2.31. The van der Waals surface area contributed by atoms with Crippen molar-refractivity contribution >= 4 is 5.91 Å². The molecule has 0 aliphatic heterocycles. The Bertz CT molecular complexity index is 427. The maximum Gasteiger partial charge on any atom is 0.224 e. The highest BCUT2D eigenvalue weighted by molar-refractivity contribution is 5.79. The smallest absolute Gasteiger partial charge is 0.224 e. The second kappa shape index (κ2) is 6.01. The van der Waals surface area contributed by atoms with Crippen molar-refractivity contribution in [2.75, 3.05) is 0 Å². The number of amides is 1. The van der Waals surface area contributed by atoms with E-state index in [4.69, 9.17) is 5.73 Å². The van der Waals surface area contributed by atoms with E-state index < -0.39 is 0 Å². The van der Waals surface area contributed by atoms with E-state index in [0.717, 1.165) is 0 Å². The van der Waals surface area contributed by atoms with Crippen LogP contribution in [0.2, 0.25) is 0 Å². The van der Waals surface area contributed by atoms with E-state index in [0.29, 0.717) is 0 Å². The van der Waals surface area contributed by atoms with Gasteiger partial charge >= 0.3 is 0 Å². The molecule has 0 aliphatic rings. The molecule has 0 heterocycles. The van der Waals surface area contributed by atoms with E-state index >= 15 is 0 Å². The van der Waals surface area contributed by atoms with Gasteiger partial charge in [0.2, 0.25) is 5.91 Å². The molecule has 1 amide bonds. The number of rotatable bonds is 4. The predicted molar refractivity (Wildman–Crippen MR) is 75.3 cm³/mol. The first-order chi connectivity index (χ1) is 8.34. The summed E-state index contributed by atoms with van der Waals surface area (Å²) in [5.41, 5.74) is 9.39. The minimum atomic E-state index is -0.169. The summed E-state index contributed by atoms with van der Waals surface area (Å²) in [6, 6.07) is 6.05. The third-order valence-corrected chi connectivity index (χ3v) is 3.67. The molecule has 3 N–H and O–H groups in total. The first-order valence-corrected chi connectivity index (χ1v) is 6.46. The lowest BCUT2D eigenvalue weighted by atomic mass is 9.97. The molecular formula is C15H24N2O. The second-order valence-electron chi connectivity index (χ2n) is 5.17. The summed E-state index contributed by atoms with van der Waals surface area (Å²) in [4.78, 5) is 12.0. The van der Waals surface area contributed by atoms with Crippen LogP contribution in [0.25, 0.3) is 0 Å². The molecule has 3 atom stereocenters. The molecule has 1 rings (SSSR count). The van der Waals surface area contributed by atoms with Crippen LogP contribution < -0.4 is 11.1 Å². The van der Waals surface area contributed by atoms with Crippen molar-refractivity contribution in [3.05, 3.63) is 34.9 Å². The van der Waals surface area contributed by atoms with Gasteiger partial charge in [-0.15, -0.1) is 0 Å². The zero-order chi connectivity index (χ0) is 13.9. The Balaban J connectivity index is 2.80. The first-order valence-electron chi connectivity index (χ1n) is 6.46.